The summed E-state index contributed by atoms with van der Waals surface area (Å²) in [5.74, 6) is 0.952. The van der Waals surface area contributed by atoms with Gasteiger partial charge in [-0.05, 0) is 24.3 Å². The molecule has 0 aliphatic carbocycles. The number of halogens is 1. The Morgan fingerprint density at radius 3 is 2.52 bits per heavy atom. The van der Waals surface area contributed by atoms with E-state index in [2.05, 4.69) is 10.3 Å². The van der Waals surface area contributed by atoms with Gasteiger partial charge in [0, 0.05) is 16.5 Å². The quantitative estimate of drug-likeness (QED) is 0.688. The Hall–Kier alpha value is -2.92. The molecule has 2 heterocycles. The molecule has 4 rings (SSSR count). The van der Waals surface area contributed by atoms with Crippen molar-refractivity contribution in [1.82, 2.24) is 4.98 Å². The second kappa shape index (κ2) is 5.86. The van der Waals surface area contributed by atoms with Crippen molar-refractivity contribution in [2.45, 2.75) is 0 Å². The summed E-state index contributed by atoms with van der Waals surface area (Å²) in [6.07, 6.45) is 1.78. The Bertz CT molecular complexity index is 1040. The van der Waals surface area contributed by atoms with E-state index >= 15 is 0 Å². The Balaban J connectivity index is 1.97. The maximum Gasteiger partial charge on any atom is 0.256 e. The third kappa shape index (κ3) is 2.36. The first-order valence-corrected chi connectivity index (χ1v) is 8.06. The number of carbonyl (C=O) groups is 1. The van der Waals surface area contributed by atoms with E-state index in [1.54, 1.807) is 32.4 Å². The van der Waals surface area contributed by atoms with Crippen molar-refractivity contribution in [2.75, 3.05) is 19.5 Å². The molecular formula is C19H15ClN2O3. The monoisotopic (exact) mass is 354 g/mol. The highest BCUT2D eigenvalue weighted by atomic mass is 35.5. The van der Waals surface area contributed by atoms with Crippen molar-refractivity contribution in [3.63, 3.8) is 0 Å². The number of methoxy groups -OCH3 is 2. The molecule has 0 radical (unpaired) electrons. The number of benzene rings is 2. The normalized spacial score (nSPS) is 14.7. The van der Waals surface area contributed by atoms with Gasteiger partial charge in [0.15, 0.2) is 0 Å². The third-order valence-corrected chi connectivity index (χ3v) is 4.61. The van der Waals surface area contributed by atoms with E-state index < -0.39 is 0 Å². The molecule has 1 aliphatic rings. The van der Waals surface area contributed by atoms with Crippen LogP contribution in [0.1, 0.15) is 11.1 Å². The van der Waals surface area contributed by atoms with Crippen molar-refractivity contribution >= 4 is 45.7 Å². The number of para-hydroxylation sites is 1. The minimum Gasteiger partial charge on any atom is -0.496 e. The van der Waals surface area contributed by atoms with E-state index in [1.807, 2.05) is 24.3 Å². The summed E-state index contributed by atoms with van der Waals surface area (Å²) in [5, 5.41) is 4.29. The molecular weight excluding hydrogens is 340 g/mol. The second-order valence-corrected chi connectivity index (χ2v) is 6.01. The molecule has 0 unspecified atom stereocenters. The molecule has 6 heteroatoms. The molecule has 3 aromatic rings. The molecule has 0 fully saturated rings. The first-order valence-electron chi connectivity index (χ1n) is 7.68. The SMILES string of the molecule is COc1ccc(OC)c2c1NC(=O)/C2=C/c1c(Cl)[nH]c2ccccc12. The van der Waals surface area contributed by atoms with Gasteiger partial charge < -0.3 is 19.8 Å². The molecule has 0 saturated carbocycles. The van der Waals surface area contributed by atoms with Crippen LogP contribution >= 0.6 is 11.6 Å². The summed E-state index contributed by atoms with van der Waals surface area (Å²) < 4.78 is 10.8. The van der Waals surface area contributed by atoms with E-state index in [-0.39, 0.29) is 5.91 Å². The van der Waals surface area contributed by atoms with Crippen LogP contribution < -0.4 is 14.8 Å². The van der Waals surface area contributed by atoms with E-state index in [0.29, 0.717) is 33.5 Å². The predicted octanol–water partition coefficient (Wildman–Crippen LogP) is 4.33. The number of ether oxygens (including phenoxy) is 2. The lowest BCUT2D eigenvalue weighted by atomic mass is 10.0. The molecule has 126 valence electrons. The van der Waals surface area contributed by atoms with Gasteiger partial charge in [-0.15, -0.1) is 0 Å². The van der Waals surface area contributed by atoms with Gasteiger partial charge >= 0.3 is 0 Å². The Kier molecular flexibility index (Phi) is 3.66. The van der Waals surface area contributed by atoms with E-state index in [0.717, 1.165) is 16.5 Å². The van der Waals surface area contributed by atoms with Gasteiger partial charge in [-0.25, -0.2) is 0 Å². The fourth-order valence-electron chi connectivity index (χ4n) is 3.14. The Labute approximate surface area is 149 Å². The van der Waals surface area contributed by atoms with Crippen LogP contribution in [0.2, 0.25) is 5.15 Å². The smallest absolute Gasteiger partial charge is 0.256 e. The van der Waals surface area contributed by atoms with Crippen LogP contribution in [0, 0.1) is 0 Å². The Morgan fingerprint density at radius 1 is 1.04 bits per heavy atom. The number of hydrogen-bond acceptors (Lipinski definition) is 3. The van der Waals surface area contributed by atoms with Crippen LogP contribution in [-0.4, -0.2) is 25.1 Å². The van der Waals surface area contributed by atoms with Crippen molar-refractivity contribution in [3.05, 3.63) is 52.7 Å². The number of fused-ring (bicyclic) bond motifs is 2. The van der Waals surface area contributed by atoms with Gasteiger partial charge in [0.2, 0.25) is 0 Å². The standard InChI is InChI=1S/C19H15ClN2O3/c1-24-14-7-8-15(25-2)17-16(14)12(19(23)22-17)9-11-10-5-3-4-6-13(10)21-18(11)20/h3-9,21H,1-2H3,(H,22,23)/b12-9+. The number of nitrogens with one attached hydrogen (secondary N) is 2. The molecule has 25 heavy (non-hydrogen) atoms. The highest BCUT2D eigenvalue weighted by molar-refractivity contribution is 6.38. The molecule has 2 N–H and O–H groups in total. The minimum absolute atomic E-state index is 0.223. The number of anilines is 1. The molecule has 0 bridgehead atoms. The highest BCUT2D eigenvalue weighted by Crippen LogP contribution is 2.45. The van der Waals surface area contributed by atoms with Crippen LogP contribution in [0.5, 0.6) is 11.5 Å². The van der Waals surface area contributed by atoms with Crippen molar-refractivity contribution < 1.29 is 14.3 Å². The van der Waals surface area contributed by atoms with Gasteiger partial charge in [-0.3, -0.25) is 4.79 Å². The number of rotatable bonds is 3. The summed E-state index contributed by atoms with van der Waals surface area (Å²) >= 11 is 6.37. The molecule has 0 spiro atoms. The molecule has 0 saturated heterocycles. The lowest BCUT2D eigenvalue weighted by Gasteiger charge is -2.10. The van der Waals surface area contributed by atoms with E-state index in [1.165, 1.54) is 0 Å². The number of aromatic nitrogens is 1. The lowest BCUT2D eigenvalue weighted by Crippen LogP contribution is -2.04. The van der Waals surface area contributed by atoms with Gasteiger partial charge in [-0.2, -0.15) is 0 Å². The fraction of sp³-hybridized carbons (Fsp3) is 0.105. The topological polar surface area (TPSA) is 63.4 Å². The summed E-state index contributed by atoms with van der Waals surface area (Å²) in [6, 6.07) is 11.3. The molecule has 1 aliphatic heterocycles. The predicted molar refractivity (Wildman–Crippen MR) is 99.4 cm³/mol. The lowest BCUT2D eigenvalue weighted by molar-refractivity contribution is -0.110. The summed E-state index contributed by atoms with van der Waals surface area (Å²) in [6.45, 7) is 0. The van der Waals surface area contributed by atoms with Gasteiger partial charge in [0.1, 0.15) is 16.7 Å². The number of H-pyrrole nitrogens is 1. The van der Waals surface area contributed by atoms with Gasteiger partial charge in [-0.1, -0.05) is 29.8 Å². The van der Waals surface area contributed by atoms with Crippen LogP contribution in [0.15, 0.2) is 36.4 Å². The van der Waals surface area contributed by atoms with Crippen molar-refractivity contribution in [1.29, 1.82) is 0 Å². The zero-order valence-corrected chi connectivity index (χ0v) is 14.4. The largest absolute Gasteiger partial charge is 0.496 e. The van der Waals surface area contributed by atoms with Crippen LogP contribution in [0.25, 0.3) is 22.6 Å². The van der Waals surface area contributed by atoms with Crippen molar-refractivity contribution in [3.8, 4) is 11.5 Å². The van der Waals surface area contributed by atoms with E-state index in [4.69, 9.17) is 21.1 Å². The molecule has 1 aromatic heterocycles. The third-order valence-electron chi connectivity index (χ3n) is 4.31. The number of amides is 1. The summed E-state index contributed by atoms with van der Waals surface area (Å²) in [4.78, 5) is 15.7. The maximum absolute atomic E-state index is 12.6. The number of carbonyl (C=O) groups excluding carboxylic acids is 1. The fourth-order valence-corrected chi connectivity index (χ4v) is 3.40. The van der Waals surface area contributed by atoms with Crippen LogP contribution in [0.3, 0.4) is 0 Å². The molecule has 0 atom stereocenters. The maximum atomic E-state index is 12.6. The first kappa shape index (κ1) is 15.6. The van der Waals surface area contributed by atoms with Crippen molar-refractivity contribution in [2.24, 2.45) is 0 Å². The van der Waals surface area contributed by atoms with Crippen LogP contribution in [-0.2, 0) is 4.79 Å². The molecule has 1 amide bonds. The zero-order valence-electron chi connectivity index (χ0n) is 13.6. The summed E-state index contributed by atoms with van der Waals surface area (Å²) in [7, 11) is 3.13. The van der Waals surface area contributed by atoms with Crippen LogP contribution in [0.4, 0.5) is 5.69 Å². The zero-order chi connectivity index (χ0) is 17.6. The highest BCUT2D eigenvalue weighted by Gasteiger charge is 2.31. The average molecular weight is 355 g/mol. The molecule has 2 aromatic carbocycles. The summed E-state index contributed by atoms with van der Waals surface area (Å²) in [5.41, 5.74) is 3.44. The minimum atomic E-state index is -0.223. The Morgan fingerprint density at radius 2 is 1.76 bits per heavy atom. The number of hydrogen-bond donors (Lipinski definition) is 2. The average Bonchev–Trinajstić information content (AvgIpc) is 3.12. The molecule has 5 nitrogen and oxygen atoms in total. The van der Waals surface area contributed by atoms with Gasteiger partial charge in [0.25, 0.3) is 5.91 Å². The van der Waals surface area contributed by atoms with Gasteiger partial charge in [0.05, 0.1) is 31.0 Å². The second-order valence-electron chi connectivity index (χ2n) is 5.63. The van der Waals surface area contributed by atoms with E-state index in [9.17, 15) is 4.79 Å². The number of aromatic amines is 1. The first-order chi connectivity index (χ1) is 12.1.